The van der Waals surface area contributed by atoms with E-state index in [0.717, 1.165) is 11.3 Å². The molecule has 0 bridgehead atoms. The summed E-state index contributed by atoms with van der Waals surface area (Å²) < 4.78 is 0. The number of para-hydroxylation sites is 1. The first-order valence-electron chi connectivity index (χ1n) is 12.1. The molecule has 195 valence electrons. The molecule has 0 saturated heterocycles. The van der Waals surface area contributed by atoms with Crippen molar-refractivity contribution in [2.45, 2.75) is 33.1 Å². The Bertz CT molecular complexity index is 1370. The van der Waals surface area contributed by atoms with E-state index in [1.807, 2.05) is 97.1 Å². The van der Waals surface area contributed by atoms with Crippen molar-refractivity contribution in [3.63, 3.8) is 0 Å². The Labute approximate surface area is 237 Å². The number of hydrazone groups is 1. The molecule has 0 unspecified atom stereocenters. The van der Waals surface area contributed by atoms with Crippen molar-refractivity contribution in [2.24, 2.45) is 5.10 Å². The minimum absolute atomic E-state index is 0. The number of hydrogen-bond acceptors (Lipinski definition) is 4. The summed E-state index contributed by atoms with van der Waals surface area (Å²) in [7, 11) is 0. The molecule has 0 fully saturated rings. The molecule has 3 aromatic carbocycles. The van der Waals surface area contributed by atoms with Crippen LogP contribution in [0.1, 0.15) is 38.8 Å². The minimum atomic E-state index is -0.318. The van der Waals surface area contributed by atoms with E-state index in [1.165, 1.54) is 10.6 Å². The molecule has 1 aliphatic heterocycles. The zero-order valence-corrected chi connectivity index (χ0v) is 24.2. The number of carbonyl (C=O) groups excluding carboxylic acids is 1. The number of anilines is 1. The van der Waals surface area contributed by atoms with Crippen molar-refractivity contribution in [1.82, 2.24) is 4.98 Å². The summed E-state index contributed by atoms with van der Waals surface area (Å²) in [6.45, 7) is 8.13. The zero-order valence-electron chi connectivity index (χ0n) is 21.8. The van der Waals surface area contributed by atoms with Gasteiger partial charge in [0.25, 0.3) is 5.91 Å². The van der Waals surface area contributed by atoms with Gasteiger partial charge >= 0.3 is 0 Å². The second-order valence-electron chi connectivity index (χ2n) is 9.68. The predicted octanol–water partition coefficient (Wildman–Crippen LogP) is 7.22. The molecule has 4 aromatic rings. The molecule has 0 saturated carbocycles. The van der Waals surface area contributed by atoms with Crippen LogP contribution in [0, 0.1) is 6.07 Å². The van der Waals surface area contributed by atoms with Crippen LogP contribution in [0.5, 0.6) is 0 Å². The Balaban J connectivity index is 0.000000258. The van der Waals surface area contributed by atoms with Crippen molar-refractivity contribution in [3.05, 3.63) is 126 Å². The Hall–Kier alpha value is -3.86. The van der Waals surface area contributed by atoms with Crippen LogP contribution in [-0.2, 0) is 30.3 Å². The average Bonchev–Trinajstić information content (AvgIpc) is 3.23. The quantitative estimate of drug-likeness (QED) is 0.141. The number of pyridine rings is 1. The molecule has 38 heavy (non-hydrogen) atoms. The van der Waals surface area contributed by atoms with Gasteiger partial charge in [-0.1, -0.05) is 75.4 Å². The average molecular weight is 681 g/mol. The number of rotatable bonds is 3. The standard InChI is InChI=1S/C21H22N2O2.C11H8N.Ir/c1-14-18(20(25)23(22-14)17-8-6-5-7-9-17)19(24)15-10-12-16(13-11-15)21(2,3)4;1-2-6-10(7-3-1)11-8-4-5-9-12-11;/h5-13,24H,1-4H3;1-6,8-9H;/q;-1;. The summed E-state index contributed by atoms with van der Waals surface area (Å²) >= 11 is 0. The molecule has 0 spiro atoms. The fraction of sp³-hybridized carbons (Fsp3) is 0.156. The van der Waals surface area contributed by atoms with Gasteiger partial charge in [0.2, 0.25) is 0 Å². The van der Waals surface area contributed by atoms with Gasteiger partial charge in [0.15, 0.2) is 0 Å². The molecule has 5 rings (SSSR count). The normalized spacial score (nSPS) is 14.2. The molecular formula is C32H30IrN3O2-. The van der Waals surface area contributed by atoms with E-state index in [0.29, 0.717) is 17.0 Å². The van der Waals surface area contributed by atoms with Crippen molar-refractivity contribution >= 4 is 23.1 Å². The van der Waals surface area contributed by atoms with Crippen LogP contribution in [0.4, 0.5) is 5.69 Å². The molecule has 1 amide bonds. The van der Waals surface area contributed by atoms with Gasteiger partial charge < -0.3 is 10.1 Å². The van der Waals surface area contributed by atoms with E-state index < -0.39 is 0 Å². The van der Waals surface area contributed by atoms with Crippen LogP contribution in [0.15, 0.2) is 114 Å². The smallest absolute Gasteiger partial charge is 0.284 e. The molecule has 5 nitrogen and oxygen atoms in total. The number of aliphatic hydroxyl groups is 1. The monoisotopic (exact) mass is 681 g/mol. The second-order valence-corrected chi connectivity index (χ2v) is 9.68. The van der Waals surface area contributed by atoms with Gasteiger partial charge in [-0.3, -0.25) is 4.79 Å². The predicted molar refractivity (Wildman–Crippen MR) is 150 cm³/mol. The molecule has 0 atom stereocenters. The second kappa shape index (κ2) is 12.6. The summed E-state index contributed by atoms with van der Waals surface area (Å²) in [5.41, 5.74) is 5.25. The van der Waals surface area contributed by atoms with E-state index in [1.54, 1.807) is 13.1 Å². The number of aliphatic hydroxyl groups excluding tert-OH is 1. The van der Waals surface area contributed by atoms with Gasteiger partial charge in [-0.2, -0.15) is 10.1 Å². The summed E-state index contributed by atoms with van der Waals surface area (Å²) in [6, 6.07) is 33.7. The molecule has 2 heterocycles. The topological polar surface area (TPSA) is 65.8 Å². The molecule has 1 radical (unpaired) electrons. The third kappa shape index (κ3) is 6.71. The van der Waals surface area contributed by atoms with E-state index in [-0.39, 0.29) is 42.8 Å². The summed E-state index contributed by atoms with van der Waals surface area (Å²) in [5, 5.41) is 16.3. The van der Waals surface area contributed by atoms with Crippen molar-refractivity contribution in [3.8, 4) is 11.3 Å². The van der Waals surface area contributed by atoms with Crippen LogP contribution in [-0.4, -0.2) is 21.7 Å². The summed E-state index contributed by atoms with van der Waals surface area (Å²) in [5.74, 6) is -0.355. The Morgan fingerprint density at radius 2 is 1.53 bits per heavy atom. The van der Waals surface area contributed by atoms with E-state index in [2.05, 4.69) is 36.9 Å². The van der Waals surface area contributed by atoms with Crippen molar-refractivity contribution in [2.75, 3.05) is 5.01 Å². The first-order valence-corrected chi connectivity index (χ1v) is 12.1. The summed E-state index contributed by atoms with van der Waals surface area (Å²) in [4.78, 5) is 17.0. The molecule has 0 aliphatic carbocycles. The first kappa shape index (κ1) is 28.7. The van der Waals surface area contributed by atoms with E-state index >= 15 is 0 Å². The van der Waals surface area contributed by atoms with Gasteiger partial charge in [-0.25, -0.2) is 0 Å². The maximum Gasteiger partial charge on any atom is 0.284 e. The van der Waals surface area contributed by atoms with Crippen LogP contribution < -0.4 is 5.01 Å². The van der Waals surface area contributed by atoms with Crippen LogP contribution in [0.2, 0.25) is 0 Å². The van der Waals surface area contributed by atoms with Crippen molar-refractivity contribution < 1.29 is 30.0 Å². The molecule has 6 heteroatoms. The number of carbonyl (C=O) groups is 1. The fourth-order valence-corrected chi connectivity index (χ4v) is 3.87. The maximum absolute atomic E-state index is 12.8. The Morgan fingerprint density at radius 1 is 0.868 bits per heavy atom. The number of nitrogens with zero attached hydrogens (tertiary/aromatic N) is 3. The van der Waals surface area contributed by atoms with Gasteiger partial charge in [0.1, 0.15) is 11.3 Å². The van der Waals surface area contributed by atoms with Gasteiger partial charge in [-0.05, 0) is 41.8 Å². The van der Waals surface area contributed by atoms with E-state index in [9.17, 15) is 9.90 Å². The Kier molecular flexibility index (Phi) is 9.51. The molecule has 1 aromatic heterocycles. The van der Waals surface area contributed by atoms with Crippen molar-refractivity contribution in [1.29, 1.82) is 0 Å². The van der Waals surface area contributed by atoms with Gasteiger partial charge in [0.05, 0.1) is 11.4 Å². The largest absolute Gasteiger partial charge is 0.506 e. The third-order valence-corrected chi connectivity index (χ3v) is 5.93. The third-order valence-electron chi connectivity index (χ3n) is 5.93. The van der Waals surface area contributed by atoms with Crippen LogP contribution in [0.25, 0.3) is 17.0 Å². The SMILES string of the molecule is CC1=NN(c2ccccc2)C(=O)C1=C(O)c1ccc(C(C)(C)C)cc1.[Ir].[c-]1ccccc1-c1ccccn1. The van der Waals surface area contributed by atoms with Gasteiger partial charge in [0, 0.05) is 31.9 Å². The molecular weight excluding hydrogens is 651 g/mol. The van der Waals surface area contributed by atoms with Crippen LogP contribution in [0.3, 0.4) is 0 Å². The van der Waals surface area contributed by atoms with Gasteiger partial charge in [-0.15, -0.1) is 35.9 Å². The fourth-order valence-electron chi connectivity index (χ4n) is 3.87. The number of amides is 1. The number of aromatic nitrogens is 1. The summed E-state index contributed by atoms with van der Waals surface area (Å²) in [6.07, 6.45) is 1.79. The molecule has 1 aliphatic rings. The Morgan fingerprint density at radius 3 is 2.11 bits per heavy atom. The van der Waals surface area contributed by atoms with E-state index in [4.69, 9.17) is 0 Å². The number of benzene rings is 3. The zero-order chi connectivity index (χ0) is 26.4. The maximum atomic E-state index is 12.8. The van der Waals surface area contributed by atoms with Crippen LogP contribution >= 0.6 is 0 Å². The molecule has 1 N–H and O–H groups in total. The first-order chi connectivity index (χ1) is 17.8. The number of hydrogen-bond donors (Lipinski definition) is 1. The minimum Gasteiger partial charge on any atom is -0.506 e.